The lowest BCUT2D eigenvalue weighted by Gasteiger charge is -2.51. The van der Waals surface area contributed by atoms with E-state index in [9.17, 15) is 0 Å². The maximum absolute atomic E-state index is 6.21. The Morgan fingerprint density at radius 1 is 0.943 bits per heavy atom. The molecule has 0 bridgehead atoms. The summed E-state index contributed by atoms with van der Waals surface area (Å²) in [6.07, 6.45) is 8.83. The van der Waals surface area contributed by atoms with Crippen LogP contribution in [0.2, 0.25) is 0 Å². The van der Waals surface area contributed by atoms with E-state index in [1.165, 1.54) is 17.0 Å². The van der Waals surface area contributed by atoms with Crippen LogP contribution in [0.1, 0.15) is 42.6 Å². The van der Waals surface area contributed by atoms with E-state index >= 15 is 0 Å². The van der Waals surface area contributed by atoms with Gasteiger partial charge in [0.2, 0.25) is 0 Å². The van der Waals surface area contributed by atoms with E-state index in [1.807, 2.05) is 17.9 Å². The first kappa shape index (κ1) is 21.1. The van der Waals surface area contributed by atoms with Gasteiger partial charge in [-0.1, -0.05) is 48.5 Å². The number of fused-ring (bicyclic) bond motifs is 3. The Balaban J connectivity index is 1.47. The highest BCUT2D eigenvalue weighted by Gasteiger charge is 2.57. The molecule has 2 fully saturated rings. The Labute approximate surface area is 205 Å². The van der Waals surface area contributed by atoms with E-state index in [-0.39, 0.29) is 5.41 Å². The molecule has 2 aliphatic carbocycles. The molecule has 7 rings (SSSR count). The van der Waals surface area contributed by atoms with Gasteiger partial charge in [0.1, 0.15) is 5.82 Å². The summed E-state index contributed by atoms with van der Waals surface area (Å²) in [6, 6.07) is 21.7. The minimum absolute atomic E-state index is 0.160. The molecule has 1 aliphatic heterocycles. The third-order valence-corrected chi connectivity index (χ3v) is 8.36. The lowest BCUT2D eigenvalue weighted by Crippen LogP contribution is -2.51. The molecular weight excluding hydrogens is 436 g/mol. The van der Waals surface area contributed by atoms with Gasteiger partial charge in [-0.3, -0.25) is 9.25 Å². The molecule has 6 nitrogen and oxygen atoms in total. The maximum Gasteiger partial charge on any atom is 0.168 e. The molecule has 1 saturated heterocycles. The average molecular weight is 467 g/mol. The van der Waals surface area contributed by atoms with Gasteiger partial charge in [-0.05, 0) is 42.9 Å². The third-order valence-electron chi connectivity index (χ3n) is 8.36. The number of nitrogens with zero attached hydrogens (tertiary/aromatic N) is 4. The number of aromatic nitrogens is 4. The third kappa shape index (κ3) is 3.16. The van der Waals surface area contributed by atoms with Gasteiger partial charge in [0.15, 0.2) is 5.79 Å². The summed E-state index contributed by atoms with van der Waals surface area (Å²) in [5.74, 6) is 0.957. The molecule has 2 aromatic carbocycles. The molecule has 0 N–H and O–H groups in total. The van der Waals surface area contributed by atoms with Crippen LogP contribution in [-0.4, -0.2) is 38.3 Å². The molecule has 35 heavy (non-hydrogen) atoms. The smallest absolute Gasteiger partial charge is 0.168 e. The number of benzene rings is 2. The van der Waals surface area contributed by atoms with Crippen molar-refractivity contribution >= 4 is 0 Å². The highest BCUT2D eigenvalue weighted by atomic mass is 16.7. The van der Waals surface area contributed by atoms with Gasteiger partial charge < -0.3 is 9.47 Å². The summed E-state index contributed by atoms with van der Waals surface area (Å²) in [5.41, 5.74) is 5.92. The molecule has 1 saturated carbocycles. The number of hydrogen-bond donors (Lipinski definition) is 0. The van der Waals surface area contributed by atoms with Crippen LogP contribution in [0.4, 0.5) is 0 Å². The molecule has 178 valence electrons. The number of hydrogen-bond acceptors (Lipinski definition) is 4. The molecule has 0 radical (unpaired) electrons. The zero-order valence-corrected chi connectivity index (χ0v) is 20.1. The Morgan fingerprint density at radius 2 is 1.69 bits per heavy atom. The molecule has 3 heterocycles. The lowest BCUT2D eigenvalue weighted by atomic mass is 9.55. The molecule has 2 aromatic heterocycles. The number of rotatable bonds is 3. The van der Waals surface area contributed by atoms with Crippen LogP contribution in [0, 0.1) is 5.92 Å². The summed E-state index contributed by atoms with van der Waals surface area (Å²) in [6.45, 7) is 1.40. The van der Waals surface area contributed by atoms with Crippen molar-refractivity contribution in [3.63, 3.8) is 0 Å². The first-order valence-corrected chi connectivity index (χ1v) is 12.7. The Morgan fingerprint density at radius 3 is 2.40 bits per heavy atom. The van der Waals surface area contributed by atoms with Crippen molar-refractivity contribution in [3.05, 3.63) is 90.0 Å². The summed E-state index contributed by atoms with van der Waals surface area (Å²) >= 11 is 0. The summed E-state index contributed by atoms with van der Waals surface area (Å²) < 4.78 is 16.7. The van der Waals surface area contributed by atoms with Crippen molar-refractivity contribution < 1.29 is 9.47 Å². The summed E-state index contributed by atoms with van der Waals surface area (Å²) in [4.78, 5) is 5.49. The quantitative estimate of drug-likeness (QED) is 0.424. The second kappa shape index (κ2) is 7.90. The van der Waals surface area contributed by atoms with Crippen molar-refractivity contribution in [2.24, 2.45) is 13.0 Å². The standard InChI is InChI=1S/C29H30N4O2/c1-32-20-21(19-30-32)27-31-26-25(33(27)24-10-6-3-7-11-24)13-12-23-18-28(34-16-17-35-28)14-15-29(23,26)22-8-4-2-5-9-22/h2-11,19-20,23H,12-18H2,1H3. The monoisotopic (exact) mass is 466 g/mol. The van der Waals surface area contributed by atoms with Gasteiger partial charge in [0.05, 0.1) is 30.7 Å². The van der Waals surface area contributed by atoms with Crippen LogP contribution in [0.5, 0.6) is 0 Å². The van der Waals surface area contributed by atoms with Crippen LogP contribution in [-0.2, 0) is 28.4 Å². The normalized spacial score (nSPS) is 24.9. The molecule has 0 amide bonds. The Kier molecular flexibility index (Phi) is 4.76. The highest BCUT2D eigenvalue weighted by molar-refractivity contribution is 5.61. The van der Waals surface area contributed by atoms with Gasteiger partial charge in [0, 0.05) is 42.9 Å². The summed E-state index contributed by atoms with van der Waals surface area (Å²) in [5, 5.41) is 4.47. The lowest BCUT2D eigenvalue weighted by molar-refractivity contribution is -0.197. The van der Waals surface area contributed by atoms with E-state index in [1.54, 1.807) is 0 Å². The molecule has 3 aliphatic rings. The molecule has 4 aromatic rings. The van der Waals surface area contributed by atoms with Crippen molar-refractivity contribution in [2.75, 3.05) is 13.2 Å². The number of ether oxygens (including phenoxy) is 2. The highest BCUT2D eigenvalue weighted by Crippen LogP contribution is 2.57. The van der Waals surface area contributed by atoms with Gasteiger partial charge in [-0.25, -0.2) is 4.98 Å². The minimum Gasteiger partial charge on any atom is -0.348 e. The second-order valence-corrected chi connectivity index (χ2v) is 10.2. The van der Waals surface area contributed by atoms with Crippen LogP contribution >= 0.6 is 0 Å². The van der Waals surface area contributed by atoms with Crippen LogP contribution in [0.15, 0.2) is 73.1 Å². The average Bonchev–Trinajstić information content (AvgIpc) is 3.64. The molecular formula is C29H30N4O2. The fraction of sp³-hybridized carbons (Fsp3) is 0.379. The first-order valence-electron chi connectivity index (χ1n) is 12.7. The minimum atomic E-state index is -0.422. The van der Waals surface area contributed by atoms with E-state index in [0.717, 1.165) is 49.2 Å². The first-order chi connectivity index (χ1) is 17.2. The zero-order valence-electron chi connectivity index (χ0n) is 20.1. The van der Waals surface area contributed by atoms with Gasteiger partial charge in [-0.15, -0.1) is 0 Å². The molecule has 2 atom stereocenters. The van der Waals surface area contributed by atoms with E-state index in [4.69, 9.17) is 14.5 Å². The van der Waals surface area contributed by atoms with Crippen molar-refractivity contribution in [1.82, 2.24) is 19.3 Å². The van der Waals surface area contributed by atoms with Gasteiger partial charge in [0.25, 0.3) is 0 Å². The Bertz CT molecular complexity index is 1350. The number of imidazole rings is 1. The van der Waals surface area contributed by atoms with Gasteiger partial charge >= 0.3 is 0 Å². The second-order valence-electron chi connectivity index (χ2n) is 10.2. The maximum atomic E-state index is 6.21. The van der Waals surface area contributed by atoms with E-state index in [2.05, 4.69) is 76.5 Å². The largest absolute Gasteiger partial charge is 0.348 e. The zero-order chi connectivity index (χ0) is 23.5. The number of para-hydroxylation sites is 1. The topological polar surface area (TPSA) is 54.1 Å². The van der Waals surface area contributed by atoms with Crippen LogP contribution in [0.25, 0.3) is 17.1 Å². The van der Waals surface area contributed by atoms with Crippen molar-refractivity contribution in [1.29, 1.82) is 0 Å². The summed E-state index contributed by atoms with van der Waals surface area (Å²) in [7, 11) is 1.96. The predicted octanol–water partition coefficient (Wildman–Crippen LogP) is 5.05. The fourth-order valence-electron chi connectivity index (χ4n) is 6.85. The molecule has 1 spiro atoms. The van der Waals surface area contributed by atoms with E-state index < -0.39 is 5.79 Å². The van der Waals surface area contributed by atoms with E-state index in [0.29, 0.717) is 19.1 Å². The fourth-order valence-corrected chi connectivity index (χ4v) is 6.85. The predicted molar refractivity (Wildman–Crippen MR) is 133 cm³/mol. The van der Waals surface area contributed by atoms with Crippen molar-refractivity contribution in [2.45, 2.75) is 43.3 Å². The van der Waals surface area contributed by atoms with Crippen LogP contribution in [0.3, 0.4) is 0 Å². The number of aryl methyl sites for hydroxylation is 1. The van der Waals surface area contributed by atoms with Crippen molar-refractivity contribution in [3.8, 4) is 17.1 Å². The molecule has 2 unspecified atom stereocenters. The van der Waals surface area contributed by atoms with Gasteiger partial charge in [-0.2, -0.15) is 5.10 Å². The SMILES string of the molecule is Cn1cc(-c2nc3c(n2-c2ccccc2)CCC2CC4(CCC32c2ccccc2)OCCO4)cn1. The molecule has 6 heteroatoms. The van der Waals surface area contributed by atoms with Crippen LogP contribution < -0.4 is 0 Å². The Hall–Kier alpha value is -3.22.